The molecule has 0 saturated carbocycles. The number of benzene rings is 4. The zero-order chi connectivity index (χ0) is 43.3. The first-order chi connectivity index (χ1) is 27.4. The van der Waals surface area contributed by atoms with Crippen molar-refractivity contribution >= 4 is 45.1 Å². The van der Waals surface area contributed by atoms with E-state index in [2.05, 4.69) is 209 Å². The van der Waals surface area contributed by atoms with E-state index < -0.39 is 0 Å². The molecule has 0 N–H and O–H groups in total. The Morgan fingerprint density at radius 2 is 0.931 bits per heavy atom. The lowest BCUT2D eigenvalue weighted by atomic mass is 9.86. The average Bonchev–Trinajstić information content (AvgIpc) is 3.18. The molecule has 0 radical (unpaired) electrons. The molecule has 0 spiro atoms. The highest BCUT2D eigenvalue weighted by Crippen LogP contribution is 2.38. The van der Waals surface area contributed by atoms with Crippen molar-refractivity contribution in [2.24, 2.45) is 11.8 Å². The summed E-state index contributed by atoms with van der Waals surface area (Å²) >= 11 is 3.65. The number of ether oxygens (including phenoxy) is 2. The molecule has 4 heteroatoms. The van der Waals surface area contributed by atoms with Gasteiger partial charge in [-0.2, -0.15) is 0 Å². The number of halogens is 1. The Morgan fingerprint density at radius 3 is 1.28 bits per heavy atom. The van der Waals surface area contributed by atoms with Crippen LogP contribution in [0.15, 0.2) is 89.4 Å². The molecule has 58 heavy (non-hydrogen) atoms. The Balaban J connectivity index is 0.000000707. The van der Waals surface area contributed by atoms with E-state index >= 15 is 0 Å². The zero-order valence-corrected chi connectivity index (χ0v) is 40.7. The van der Waals surface area contributed by atoms with Gasteiger partial charge >= 0.3 is 0 Å². The lowest BCUT2D eigenvalue weighted by Gasteiger charge is -2.28. The molecule has 3 nitrogen and oxygen atoms in total. The van der Waals surface area contributed by atoms with Crippen molar-refractivity contribution in [2.75, 3.05) is 18.1 Å². The van der Waals surface area contributed by atoms with E-state index in [1.165, 1.54) is 49.7 Å². The van der Waals surface area contributed by atoms with E-state index in [-0.39, 0.29) is 10.8 Å². The molecule has 4 rings (SSSR count). The third-order valence-electron chi connectivity index (χ3n) is 9.85. The Kier molecular flexibility index (Phi) is 22.6. The smallest absolute Gasteiger partial charge is 0.134 e. The van der Waals surface area contributed by atoms with Crippen molar-refractivity contribution in [3.8, 4) is 11.5 Å². The van der Waals surface area contributed by atoms with Gasteiger partial charge in [-0.3, -0.25) is 0 Å². The van der Waals surface area contributed by atoms with E-state index in [0.29, 0.717) is 13.2 Å². The highest BCUT2D eigenvalue weighted by atomic mass is 79.9. The van der Waals surface area contributed by atoms with E-state index in [1.54, 1.807) is 0 Å². The highest BCUT2D eigenvalue weighted by Gasteiger charge is 2.18. The van der Waals surface area contributed by atoms with E-state index in [1.807, 2.05) is 6.07 Å². The normalized spacial score (nSPS) is 11.6. The second-order valence-electron chi connectivity index (χ2n) is 18.4. The summed E-state index contributed by atoms with van der Waals surface area (Å²) in [5, 5.41) is 0. The molecule has 0 aliphatic heterocycles. The highest BCUT2D eigenvalue weighted by molar-refractivity contribution is 9.10. The third-order valence-corrected chi connectivity index (χ3v) is 10.5. The van der Waals surface area contributed by atoms with Gasteiger partial charge < -0.3 is 14.4 Å². The second-order valence-corrected chi connectivity index (χ2v) is 19.3. The number of nitrogens with zero attached hydrogens (tertiary/aromatic N) is 1. The first-order valence-electron chi connectivity index (χ1n) is 22.3. The molecule has 0 fully saturated rings. The maximum absolute atomic E-state index is 6.08. The molecule has 0 aliphatic rings. The first kappa shape index (κ1) is 50.6. The number of unbranched alkanes of at least 4 members (excludes halogenated alkanes) is 2. The minimum atomic E-state index is 0.102. The van der Waals surface area contributed by atoms with E-state index in [4.69, 9.17) is 9.47 Å². The Hall–Kier alpha value is -3.50. The number of anilines is 3. The van der Waals surface area contributed by atoms with E-state index in [9.17, 15) is 0 Å². The summed E-state index contributed by atoms with van der Waals surface area (Å²) in [5.74, 6) is 3.48. The van der Waals surface area contributed by atoms with Gasteiger partial charge in [0, 0.05) is 22.6 Å². The number of rotatable bonds is 17. The van der Waals surface area contributed by atoms with Crippen molar-refractivity contribution < 1.29 is 9.47 Å². The van der Waals surface area contributed by atoms with Gasteiger partial charge in [-0.15, -0.1) is 0 Å². The maximum atomic E-state index is 6.08. The predicted octanol–water partition coefficient (Wildman–Crippen LogP) is 17.9. The van der Waals surface area contributed by atoms with Crippen molar-refractivity contribution in [3.05, 3.63) is 112 Å². The average molecular weight is 855 g/mol. The van der Waals surface area contributed by atoms with Crippen LogP contribution in [0, 0.1) is 11.8 Å². The molecule has 0 aliphatic carbocycles. The summed E-state index contributed by atoms with van der Waals surface area (Å²) in [6.07, 6.45) is 14.4. The SMILES string of the molecule is CCCCC(C)C.CCCCC(C)C.CCCOc1cc(/C=C/c2ccc(N(c3ccc(C(C)(C)C)cc3)c3ccc(C(C)(C)C)cc3)cc2)c(OCCC)cc1Br. The van der Waals surface area contributed by atoms with Crippen molar-refractivity contribution in [1.29, 1.82) is 0 Å². The molecule has 0 aromatic heterocycles. The van der Waals surface area contributed by atoms with Crippen LogP contribution in [-0.4, -0.2) is 13.2 Å². The van der Waals surface area contributed by atoms with Crippen molar-refractivity contribution in [2.45, 2.75) is 159 Å². The van der Waals surface area contributed by atoms with Crippen molar-refractivity contribution in [3.63, 3.8) is 0 Å². The van der Waals surface area contributed by atoms with Gasteiger partial charge in [0.15, 0.2) is 0 Å². The minimum absolute atomic E-state index is 0.102. The molecule has 0 bridgehead atoms. The third kappa shape index (κ3) is 18.2. The zero-order valence-electron chi connectivity index (χ0n) is 39.1. The van der Waals surface area contributed by atoms with Crippen LogP contribution < -0.4 is 14.4 Å². The molecule has 0 unspecified atom stereocenters. The fraction of sp³-hybridized carbons (Fsp3) is 0.519. The van der Waals surface area contributed by atoms with Gasteiger partial charge in [-0.25, -0.2) is 0 Å². The van der Waals surface area contributed by atoms with Gasteiger partial charge in [0.25, 0.3) is 0 Å². The van der Waals surface area contributed by atoms with Crippen LogP contribution in [0.5, 0.6) is 11.5 Å². The summed E-state index contributed by atoms with van der Waals surface area (Å²) in [7, 11) is 0. The molecule has 4 aromatic rings. The standard InChI is InChI=1S/C40H48BrNO2.2C7H16/c1-9-25-43-37-28-36(41)38(44-26-10-2)27-30(37)14-11-29-12-19-33(20-13-29)42(34-21-15-31(16-22-34)39(3,4)5)35-23-17-32(18-24-35)40(6,7)8;2*1-4-5-6-7(2)3/h11-24,27-28H,9-10,25-26H2,1-8H3;2*7H,4-6H2,1-3H3/b14-11+;;. The molecular formula is C54H80BrNO2. The molecule has 4 aromatic carbocycles. The summed E-state index contributed by atoms with van der Waals surface area (Å²) in [6, 6.07) is 30.7. The van der Waals surface area contributed by atoms with Crippen LogP contribution in [0.2, 0.25) is 0 Å². The van der Waals surface area contributed by atoms with Crippen LogP contribution in [0.25, 0.3) is 12.2 Å². The Bertz CT molecular complexity index is 1650. The van der Waals surface area contributed by atoms with Gasteiger partial charge in [0.1, 0.15) is 11.5 Å². The molecular weight excluding hydrogens is 775 g/mol. The van der Waals surface area contributed by atoms with Crippen LogP contribution in [0.4, 0.5) is 17.1 Å². The van der Waals surface area contributed by atoms with Gasteiger partial charge in [-0.05, 0) is 117 Å². The predicted molar refractivity (Wildman–Crippen MR) is 262 cm³/mol. The fourth-order valence-electron chi connectivity index (χ4n) is 6.15. The van der Waals surface area contributed by atoms with Crippen LogP contribution in [0.1, 0.15) is 171 Å². The summed E-state index contributed by atoms with van der Waals surface area (Å²) in [6.45, 7) is 32.7. The van der Waals surface area contributed by atoms with Crippen LogP contribution >= 0.6 is 15.9 Å². The Labute approximate surface area is 365 Å². The van der Waals surface area contributed by atoms with Gasteiger partial charge in [-0.1, -0.05) is 184 Å². The Morgan fingerprint density at radius 1 is 0.534 bits per heavy atom. The van der Waals surface area contributed by atoms with Crippen LogP contribution in [-0.2, 0) is 10.8 Å². The monoisotopic (exact) mass is 854 g/mol. The largest absolute Gasteiger partial charge is 0.493 e. The van der Waals surface area contributed by atoms with E-state index in [0.717, 1.165) is 68.8 Å². The summed E-state index contributed by atoms with van der Waals surface area (Å²) in [4.78, 5) is 2.33. The molecule has 0 amide bonds. The molecule has 320 valence electrons. The number of hydrogen-bond donors (Lipinski definition) is 0. The summed E-state index contributed by atoms with van der Waals surface area (Å²) < 4.78 is 13.0. The first-order valence-corrected chi connectivity index (χ1v) is 23.1. The van der Waals surface area contributed by atoms with Gasteiger partial charge in [0.05, 0.1) is 17.7 Å². The van der Waals surface area contributed by atoms with Crippen molar-refractivity contribution in [1.82, 2.24) is 0 Å². The molecule has 0 heterocycles. The topological polar surface area (TPSA) is 21.7 Å². The number of hydrogen-bond acceptors (Lipinski definition) is 3. The quantitative estimate of drug-likeness (QED) is 0.0988. The minimum Gasteiger partial charge on any atom is -0.493 e. The van der Waals surface area contributed by atoms with Gasteiger partial charge in [0.2, 0.25) is 0 Å². The fourth-order valence-corrected chi connectivity index (χ4v) is 6.59. The molecule has 0 saturated heterocycles. The second kappa shape index (κ2) is 25.9. The lowest BCUT2D eigenvalue weighted by Crippen LogP contribution is -2.14. The molecule has 0 atom stereocenters. The maximum Gasteiger partial charge on any atom is 0.134 e. The van der Waals surface area contributed by atoms with Crippen LogP contribution in [0.3, 0.4) is 0 Å². The lowest BCUT2D eigenvalue weighted by molar-refractivity contribution is 0.306. The summed E-state index contributed by atoms with van der Waals surface area (Å²) in [5.41, 5.74) is 8.34.